The van der Waals surface area contributed by atoms with Crippen molar-refractivity contribution in [2.45, 2.75) is 83.7 Å². The summed E-state index contributed by atoms with van der Waals surface area (Å²) in [7, 11) is 0. The average molecular weight is 461 g/mol. The Hall–Kier alpha value is -2.62. The maximum absolute atomic E-state index is 12.5. The Kier molecular flexibility index (Phi) is 6.50. The third kappa shape index (κ3) is 4.28. The molecule has 4 nitrogen and oxygen atoms in total. The first kappa shape index (κ1) is 23.1. The topological polar surface area (TPSA) is 52.6 Å². The zero-order valence-corrected chi connectivity index (χ0v) is 20.4. The Morgan fingerprint density at radius 1 is 1.03 bits per heavy atom. The molecule has 3 aliphatic rings. The van der Waals surface area contributed by atoms with E-state index in [1.165, 1.54) is 11.1 Å². The molecule has 0 unspecified atom stereocenters. The molecule has 0 bridgehead atoms. The maximum Gasteiger partial charge on any atom is 0.343 e. The molecule has 3 aliphatic carbocycles. The number of fused-ring (bicyclic) bond motifs is 5. The van der Waals surface area contributed by atoms with E-state index < -0.39 is 0 Å². The summed E-state index contributed by atoms with van der Waals surface area (Å²) in [6, 6.07) is 15.4. The number of rotatable bonds is 6. The molecular formula is C30H36O4. The van der Waals surface area contributed by atoms with Crippen LogP contribution in [0.2, 0.25) is 0 Å². The van der Waals surface area contributed by atoms with Crippen LogP contribution in [0.1, 0.15) is 92.6 Å². The Labute approximate surface area is 203 Å². The van der Waals surface area contributed by atoms with Gasteiger partial charge in [0.05, 0.1) is 5.56 Å². The van der Waals surface area contributed by atoms with Gasteiger partial charge in [-0.1, -0.05) is 44.5 Å². The Bertz CT molecular complexity index is 1050. The van der Waals surface area contributed by atoms with Gasteiger partial charge in [-0.2, -0.15) is 0 Å². The van der Waals surface area contributed by atoms with Crippen molar-refractivity contribution in [1.82, 2.24) is 0 Å². The number of carbonyl (C=O) groups excluding carboxylic acids is 2. The van der Waals surface area contributed by atoms with Crippen molar-refractivity contribution < 1.29 is 19.1 Å². The molecule has 0 N–H and O–H groups in total. The second-order valence-electron chi connectivity index (χ2n) is 10.7. The fourth-order valence-corrected chi connectivity index (χ4v) is 7.05. The van der Waals surface area contributed by atoms with Crippen molar-refractivity contribution in [2.24, 2.45) is 17.3 Å². The summed E-state index contributed by atoms with van der Waals surface area (Å²) in [4.78, 5) is 24.8. The SMILES string of the molecule is CCCCC(=O)O[C@H]1CC[C@H]2[C@@H]3CCc4cc(OC(=O)c5ccccc5)ccc4[C@H]3CC[C@]12C. The van der Waals surface area contributed by atoms with Gasteiger partial charge in [-0.25, -0.2) is 4.79 Å². The van der Waals surface area contributed by atoms with E-state index >= 15 is 0 Å². The molecule has 4 heteroatoms. The van der Waals surface area contributed by atoms with Crippen LogP contribution in [0, 0.1) is 17.3 Å². The second kappa shape index (κ2) is 9.56. The highest BCUT2D eigenvalue weighted by Crippen LogP contribution is 2.61. The Morgan fingerprint density at radius 3 is 2.65 bits per heavy atom. The second-order valence-corrected chi connectivity index (χ2v) is 10.7. The summed E-state index contributed by atoms with van der Waals surface area (Å²) in [5.74, 6) is 2.11. The van der Waals surface area contributed by atoms with E-state index in [1.807, 2.05) is 24.3 Å². The highest BCUT2D eigenvalue weighted by Gasteiger charge is 2.56. The first-order valence-corrected chi connectivity index (χ1v) is 13.1. The summed E-state index contributed by atoms with van der Waals surface area (Å²) in [5, 5.41) is 0. The van der Waals surface area contributed by atoms with Gasteiger partial charge in [0.15, 0.2) is 0 Å². The van der Waals surface area contributed by atoms with Crippen molar-refractivity contribution >= 4 is 11.9 Å². The minimum Gasteiger partial charge on any atom is -0.462 e. The number of esters is 2. The molecule has 0 saturated heterocycles. The predicted octanol–water partition coefficient (Wildman–Crippen LogP) is 6.86. The number of hydrogen-bond acceptors (Lipinski definition) is 4. The number of ether oxygens (including phenoxy) is 2. The lowest BCUT2D eigenvalue weighted by Gasteiger charge is -2.50. The van der Waals surface area contributed by atoms with Gasteiger partial charge in [0, 0.05) is 11.8 Å². The van der Waals surface area contributed by atoms with E-state index in [9.17, 15) is 9.59 Å². The molecule has 2 aromatic carbocycles. The van der Waals surface area contributed by atoms with Crippen molar-refractivity contribution in [3.05, 3.63) is 65.2 Å². The summed E-state index contributed by atoms with van der Waals surface area (Å²) >= 11 is 0. The van der Waals surface area contributed by atoms with Gasteiger partial charge in [0.1, 0.15) is 11.9 Å². The lowest BCUT2D eigenvalue weighted by molar-refractivity contribution is -0.157. The van der Waals surface area contributed by atoms with Crippen molar-refractivity contribution in [3.8, 4) is 5.75 Å². The largest absolute Gasteiger partial charge is 0.462 e. The van der Waals surface area contributed by atoms with E-state index in [4.69, 9.17) is 9.47 Å². The van der Waals surface area contributed by atoms with Gasteiger partial charge in [-0.05, 0) is 98.1 Å². The first-order valence-electron chi connectivity index (χ1n) is 13.1. The number of carbonyl (C=O) groups is 2. The van der Waals surface area contributed by atoms with Crippen molar-refractivity contribution in [3.63, 3.8) is 0 Å². The molecular weight excluding hydrogens is 424 g/mol. The Balaban J connectivity index is 1.29. The molecule has 0 radical (unpaired) electrons. The van der Waals surface area contributed by atoms with Crippen LogP contribution in [-0.2, 0) is 16.0 Å². The van der Waals surface area contributed by atoms with Crippen molar-refractivity contribution in [1.29, 1.82) is 0 Å². The van der Waals surface area contributed by atoms with Gasteiger partial charge in [-0.15, -0.1) is 0 Å². The molecule has 0 spiro atoms. The number of hydrogen-bond donors (Lipinski definition) is 0. The first-order chi connectivity index (χ1) is 16.5. The molecule has 5 atom stereocenters. The highest BCUT2D eigenvalue weighted by molar-refractivity contribution is 5.91. The lowest BCUT2D eigenvalue weighted by Crippen LogP contribution is -2.45. The number of aryl methyl sites for hydroxylation is 1. The summed E-state index contributed by atoms with van der Waals surface area (Å²) in [6.45, 7) is 4.49. The zero-order chi connectivity index (χ0) is 23.7. The van der Waals surface area contributed by atoms with Crippen LogP contribution in [0.3, 0.4) is 0 Å². The summed E-state index contributed by atoms with van der Waals surface area (Å²) in [6.07, 6.45) is 9.13. The normalized spacial score (nSPS) is 29.5. The van der Waals surface area contributed by atoms with Gasteiger partial charge >= 0.3 is 11.9 Å². The maximum atomic E-state index is 12.5. The van der Waals surface area contributed by atoms with Crippen molar-refractivity contribution in [2.75, 3.05) is 0 Å². The standard InChI is InChI=1S/C30H36O4/c1-3-4-10-28(31)34-27-16-15-26-25-13-11-21-19-22(33-29(32)20-8-6-5-7-9-20)12-14-23(21)24(25)17-18-30(26,27)2/h5-9,12,14,19,24-27H,3-4,10-11,13,15-18H2,1-2H3/t24-,25-,26+,27+,30+/m1/s1. The number of unbranched alkanes of at least 4 members (excludes halogenated alkanes) is 1. The molecule has 2 fully saturated rings. The smallest absolute Gasteiger partial charge is 0.343 e. The van der Waals surface area contributed by atoms with Crippen LogP contribution in [-0.4, -0.2) is 18.0 Å². The van der Waals surface area contributed by atoms with Gasteiger partial charge < -0.3 is 9.47 Å². The summed E-state index contributed by atoms with van der Waals surface area (Å²) in [5.41, 5.74) is 3.43. The minimum absolute atomic E-state index is 0.0117. The molecule has 34 heavy (non-hydrogen) atoms. The molecule has 2 saturated carbocycles. The minimum atomic E-state index is -0.312. The van der Waals surface area contributed by atoms with Gasteiger partial charge in [0.2, 0.25) is 0 Å². The van der Waals surface area contributed by atoms with E-state index in [2.05, 4.69) is 26.0 Å². The average Bonchev–Trinajstić information content (AvgIpc) is 3.19. The van der Waals surface area contributed by atoms with E-state index in [-0.39, 0.29) is 23.5 Å². The van der Waals surface area contributed by atoms with Crippen LogP contribution in [0.5, 0.6) is 5.75 Å². The Morgan fingerprint density at radius 2 is 1.85 bits per heavy atom. The molecule has 0 heterocycles. The predicted molar refractivity (Wildman–Crippen MR) is 132 cm³/mol. The van der Waals surface area contributed by atoms with E-state index in [1.54, 1.807) is 12.1 Å². The fraction of sp³-hybridized carbons (Fsp3) is 0.533. The van der Waals surface area contributed by atoms with Gasteiger partial charge in [-0.3, -0.25) is 4.79 Å². The molecule has 5 rings (SSSR count). The van der Waals surface area contributed by atoms with Crippen LogP contribution in [0.15, 0.2) is 48.5 Å². The molecule has 0 aliphatic heterocycles. The highest BCUT2D eigenvalue weighted by atomic mass is 16.5. The molecule has 0 aromatic heterocycles. The summed E-state index contributed by atoms with van der Waals surface area (Å²) < 4.78 is 11.7. The van der Waals surface area contributed by atoms with Crippen LogP contribution >= 0.6 is 0 Å². The molecule has 2 aromatic rings. The number of benzene rings is 2. The van der Waals surface area contributed by atoms with Gasteiger partial charge in [0.25, 0.3) is 0 Å². The van der Waals surface area contributed by atoms with Crippen LogP contribution in [0.25, 0.3) is 0 Å². The van der Waals surface area contributed by atoms with E-state index in [0.29, 0.717) is 35.5 Å². The van der Waals surface area contributed by atoms with Crippen LogP contribution in [0.4, 0.5) is 0 Å². The quantitative estimate of drug-likeness (QED) is 0.349. The van der Waals surface area contributed by atoms with Crippen LogP contribution < -0.4 is 4.74 Å². The molecule has 180 valence electrons. The lowest BCUT2D eigenvalue weighted by atomic mass is 9.55. The third-order valence-electron chi connectivity index (χ3n) is 8.84. The van der Waals surface area contributed by atoms with E-state index in [0.717, 1.165) is 51.4 Å². The fourth-order valence-electron chi connectivity index (χ4n) is 7.05. The monoisotopic (exact) mass is 460 g/mol. The third-order valence-corrected chi connectivity index (χ3v) is 8.84. The molecule has 0 amide bonds. The zero-order valence-electron chi connectivity index (χ0n) is 20.4.